The van der Waals surface area contributed by atoms with E-state index in [0.29, 0.717) is 29.9 Å². The summed E-state index contributed by atoms with van der Waals surface area (Å²) in [6.07, 6.45) is 3.67. The molecular weight excluding hydrogens is 330 g/mol. The molecule has 1 aromatic rings. The molecule has 1 aliphatic rings. The van der Waals surface area contributed by atoms with Crippen molar-refractivity contribution < 1.29 is 18.0 Å². The van der Waals surface area contributed by atoms with Crippen LogP contribution in [-0.2, 0) is 19.6 Å². The van der Waals surface area contributed by atoms with E-state index in [-0.39, 0.29) is 11.8 Å². The summed E-state index contributed by atoms with van der Waals surface area (Å²) in [5.41, 5.74) is 1.69. The van der Waals surface area contributed by atoms with Crippen LogP contribution in [-0.4, -0.2) is 44.0 Å². The number of carbonyl (C=O) groups excluding carboxylic acids is 2. The lowest BCUT2D eigenvalue weighted by molar-refractivity contribution is -0.132. The van der Waals surface area contributed by atoms with Crippen LogP contribution in [0.3, 0.4) is 0 Å². The fourth-order valence-corrected chi connectivity index (χ4v) is 3.33. The minimum atomic E-state index is -3.36. The van der Waals surface area contributed by atoms with Crippen LogP contribution < -0.4 is 10.0 Å². The number of nitrogens with zero attached hydrogens (tertiary/aromatic N) is 1. The van der Waals surface area contributed by atoms with Crippen LogP contribution in [0.5, 0.6) is 0 Å². The first-order valence-electron chi connectivity index (χ1n) is 7.53. The molecule has 0 spiro atoms. The lowest BCUT2D eigenvalue weighted by atomic mass is 10.1. The van der Waals surface area contributed by atoms with Crippen molar-refractivity contribution in [3.8, 4) is 0 Å². The maximum Gasteiger partial charge on any atom is 0.247 e. The Morgan fingerprint density at radius 3 is 2.67 bits per heavy atom. The SMILES string of the molecule is C=CC(=O)N1CCCC1C(=O)Nc1ccc(NS(C)(=O)=O)c(C)c1. The summed E-state index contributed by atoms with van der Waals surface area (Å²) in [7, 11) is -3.36. The zero-order chi connectivity index (χ0) is 17.9. The number of sulfonamides is 1. The number of benzene rings is 1. The van der Waals surface area contributed by atoms with Crippen molar-refractivity contribution in [2.24, 2.45) is 0 Å². The summed E-state index contributed by atoms with van der Waals surface area (Å²) < 4.78 is 25.0. The number of hydrogen-bond donors (Lipinski definition) is 2. The summed E-state index contributed by atoms with van der Waals surface area (Å²) >= 11 is 0. The second-order valence-electron chi connectivity index (χ2n) is 5.79. The number of nitrogens with one attached hydrogen (secondary N) is 2. The Balaban J connectivity index is 2.10. The van der Waals surface area contributed by atoms with E-state index in [1.807, 2.05) is 0 Å². The lowest BCUT2D eigenvalue weighted by Gasteiger charge is -2.22. The highest BCUT2D eigenvalue weighted by Gasteiger charge is 2.32. The van der Waals surface area contributed by atoms with Gasteiger partial charge in [0.05, 0.1) is 11.9 Å². The molecule has 0 aromatic heterocycles. The van der Waals surface area contributed by atoms with Crippen LogP contribution >= 0.6 is 0 Å². The number of aryl methyl sites for hydroxylation is 1. The van der Waals surface area contributed by atoms with Crippen molar-refractivity contribution in [3.63, 3.8) is 0 Å². The van der Waals surface area contributed by atoms with E-state index in [9.17, 15) is 18.0 Å². The molecule has 2 N–H and O–H groups in total. The van der Waals surface area contributed by atoms with Gasteiger partial charge in [-0.25, -0.2) is 8.42 Å². The van der Waals surface area contributed by atoms with Crippen LogP contribution in [0, 0.1) is 6.92 Å². The van der Waals surface area contributed by atoms with Crippen LogP contribution in [0.1, 0.15) is 18.4 Å². The van der Waals surface area contributed by atoms with Crippen molar-refractivity contribution in [2.45, 2.75) is 25.8 Å². The Morgan fingerprint density at radius 1 is 1.38 bits per heavy atom. The largest absolute Gasteiger partial charge is 0.327 e. The Labute approximate surface area is 141 Å². The van der Waals surface area contributed by atoms with Crippen LogP contribution in [0.25, 0.3) is 0 Å². The first-order valence-corrected chi connectivity index (χ1v) is 9.43. The molecule has 1 fully saturated rings. The summed E-state index contributed by atoms with van der Waals surface area (Å²) in [5.74, 6) is -0.512. The Hall–Kier alpha value is -2.35. The molecular formula is C16H21N3O4S. The van der Waals surface area contributed by atoms with E-state index in [1.54, 1.807) is 25.1 Å². The molecule has 1 unspecified atom stereocenters. The number of amides is 2. The Bertz CT molecular complexity index is 774. The van der Waals surface area contributed by atoms with Crippen molar-refractivity contribution in [2.75, 3.05) is 22.8 Å². The maximum atomic E-state index is 12.4. The van der Waals surface area contributed by atoms with Crippen LogP contribution in [0.15, 0.2) is 30.9 Å². The summed E-state index contributed by atoms with van der Waals surface area (Å²) in [6.45, 7) is 5.74. The van der Waals surface area contributed by atoms with Gasteiger partial charge in [0.2, 0.25) is 21.8 Å². The zero-order valence-electron chi connectivity index (χ0n) is 13.7. The normalized spacial score (nSPS) is 17.4. The fourth-order valence-electron chi connectivity index (χ4n) is 2.70. The molecule has 1 aliphatic heterocycles. The molecule has 1 heterocycles. The van der Waals surface area contributed by atoms with Crippen LogP contribution in [0.4, 0.5) is 11.4 Å². The summed E-state index contributed by atoms with van der Waals surface area (Å²) in [5, 5.41) is 2.78. The van der Waals surface area contributed by atoms with Crippen molar-refractivity contribution >= 4 is 33.2 Å². The van der Waals surface area contributed by atoms with E-state index in [4.69, 9.17) is 0 Å². The van der Waals surface area contributed by atoms with Gasteiger partial charge >= 0.3 is 0 Å². The van der Waals surface area contributed by atoms with Gasteiger partial charge in [-0.15, -0.1) is 0 Å². The molecule has 1 saturated heterocycles. The van der Waals surface area contributed by atoms with Gasteiger partial charge in [0, 0.05) is 12.2 Å². The monoisotopic (exact) mass is 351 g/mol. The summed E-state index contributed by atoms with van der Waals surface area (Å²) in [6, 6.07) is 4.38. The van der Waals surface area contributed by atoms with Gasteiger partial charge in [-0.1, -0.05) is 6.58 Å². The quantitative estimate of drug-likeness (QED) is 0.786. The Morgan fingerprint density at radius 2 is 2.08 bits per heavy atom. The van der Waals surface area contributed by atoms with Gasteiger partial charge < -0.3 is 10.2 Å². The standard InChI is InChI=1S/C16H21N3O4S/c1-4-15(20)19-9-5-6-14(19)16(21)17-12-7-8-13(11(2)10-12)18-24(3,22)23/h4,7-8,10,14,18H,1,5-6,9H2,2-3H3,(H,17,21). The van der Waals surface area contributed by atoms with E-state index in [1.165, 1.54) is 11.0 Å². The fraction of sp³-hybridized carbons (Fsp3) is 0.375. The number of anilines is 2. The second-order valence-corrected chi connectivity index (χ2v) is 7.54. The molecule has 130 valence electrons. The number of likely N-dealkylation sites (tertiary alicyclic amines) is 1. The average molecular weight is 351 g/mol. The third-order valence-corrected chi connectivity index (χ3v) is 4.39. The highest BCUT2D eigenvalue weighted by molar-refractivity contribution is 7.92. The summed E-state index contributed by atoms with van der Waals surface area (Å²) in [4.78, 5) is 25.7. The molecule has 2 rings (SSSR count). The highest BCUT2D eigenvalue weighted by atomic mass is 32.2. The van der Waals surface area contributed by atoms with Crippen molar-refractivity contribution in [3.05, 3.63) is 36.4 Å². The Kier molecular flexibility index (Phi) is 5.28. The topological polar surface area (TPSA) is 95.6 Å². The predicted molar refractivity (Wildman–Crippen MR) is 93.2 cm³/mol. The minimum Gasteiger partial charge on any atom is -0.327 e. The van der Waals surface area contributed by atoms with E-state index in [0.717, 1.165) is 12.7 Å². The molecule has 0 saturated carbocycles. The third-order valence-electron chi connectivity index (χ3n) is 3.80. The number of carbonyl (C=O) groups is 2. The molecule has 7 nitrogen and oxygen atoms in total. The van der Waals surface area contributed by atoms with Gasteiger partial charge in [0.1, 0.15) is 6.04 Å². The van der Waals surface area contributed by atoms with E-state index < -0.39 is 16.1 Å². The highest BCUT2D eigenvalue weighted by Crippen LogP contribution is 2.23. The second kappa shape index (κ2) is 7.04. The van der Waals surface area contributed by atoms with Crippen molar-refractivity contribution in [1.29, 1.82) is 0 Å². The molecule has 8 heteroatoms. The maximum absolute atomic E-state index is 12.4. The van der Waals surface area contributed by atoms with Gasteiger partial charge in [0.25, 0.3) is 0 Å². The molecule has 24 heavy (non-hydrogen) atoms. The van der Waals surface area contributed by atoms with Gasteiger partial charge in [-0.3, -0.25) is 14.3 Å². The number of hydrogen-bond acceptors (Lipinski definition) is 4. The molecule has 1 aromatic carbocycles. The zero-order valence-corrected chi connectivity index (χ0v) is 14.5. The number of rotatable bonds is 5. The molecule has 0 aliphatic carbocycles. The van der Waals surface area contributed by atoms with Crippen LogP contribution in [0.2, 0.25) is 0 Å². The average Bonchev–Trinajstić information content (AvgIpc) is 2.97. The molecule has 0 bridgehead atoms. The predicted octanol–water partition coefficient (Wildman–Crippen LogP) is 1.48. The van der Waals surface area contributed by atoms with Gasteiger partial charge in [-0.2, -0.15) is 0 Å². The smallest absolute Gasteiger partial charge is 0.247 e. The third kappa shape index (κ3) is 4.35. The molecule has 0 radical (unpaired) electrons. The van der Waals surface area contributed by atoms with E-state index >= 15 is 0 Å². The lowest BCUT2D eigenvalue weighted by Crippen LogP contribution is -2.42. The van der Waals surface area contributed by atoms with Crippen molar-refractivity contribution in [1.82, 2.24) is 4.90 Å². The van der Waals surface area contributed by atoms with E-state index in [2.05, 4.69) is 16.6 Å². The molecule has 2 amide bonds. The first-order chi connectivity index (χ1) is 11.2. The van der Waals surface area contributed by atoms with Gasteiger partial charge in [0.15, 0.2) is 0 Å². The minimum absolute atomic E-state index is 0.253. The first kappa shape index (κ1) is 18.0. The molecule has 1 atom stereocenters. The van der Waals surface area contributed by atoms with Gasteiger partial charge in [-0.05, 0) is 49.6 Å².